The molecule has 2 aromatic rings. The molecule has 26 heavy (non-hydrogen) atoms. The molecule has 3 unspecified atom stereocenters. The molecule has 0 spiro atoms. The minimum Gasteiger partial charge on any atom is -0.356 e. The number of aryl methyl sites for hydroxylation is 1. The second kappa shape index (κ2) is 5.16. The van der Waals surface area contributed by atoms with Crippen molar-refractivity contribution >= 4 is 34.4 Å². The lowest BCUT2D eigenvalue weighted by Crippen LogP contribution is -2.44. The smallest absolute Gasteiger partial charge is 0.247 e. The minimum absolute atomic E-state index is 0.0902. The summed E-state index contributed by atoms with van der Waals surface area (Å²) in [6.45, 7) is 6.69. The van der Waals surface area contributed by atoms with Crippen molar-refractivity contribution in [2.45, 2.75) is 39.3 Å². The highest BCUT2D eigenvalue weighted by molar-refractivity contribution is 6.53. The Balaban J connectivity index is 1.92. The van der Waals surface area contributed by atoms with Crippen LogP contribution in [0.1, 0.15) is 37.4 Å². The zero-order chi connectivity index (χ0) is 18.2. The Hall–Kier alpha value is -2.69. The lowest BCUT2D eigenvalue weighted by molar-refractivity contribution is -0.136. The molecule has 1 aromatic carbocycles. The number of carbonyl (C=O) groups is 2. The number of aliphatic imine (C=N–C) groups is 1. The monoisotopic (exact) mass is 347 g/mol. The SMILES string of the molecule is Cc1cn2c3c(cccc13)C1CN=CC(C)N1C1=C2C(=O)C(=O)C(C)C1. The number of benzene rings is 1. The van der Waals surface area contributed by atoms with Crippen LogP contribution in [0.3, 0.4) is 0 Å². The summed E-state index contributed by atoms with van der Waals surface area (Å²) in [6.07, 6.45) is 4.56. The van der Waals surface area contributed by atoms with E-state index in [1.165, 1.54) is 5.56 Å². The van der Waals surface area contributed by atoms with E-state index in [-0.39, 0.29) is 29.6 Å². The molecule has 0 saturated carbocycles. The first-order valence-corrected chi connectivity index (χ1v) is 9.20. The van der Waals surface area contributed by atoms with E-state index in [1.54, 1.807) is 0 Å². The Morgan fingerprint density at radius 3 is 2.81 bits per heavy atom. The molecule has 0 radical (unpaired) electrons. The average Bonchev–Trinajstić information content (AvgIpc) is 2.90. The van der Waals surface area contributed by atoms with Crippen molar-refractivity contribution in [3.05, 3.63) is 41.2 Å². The van der Waals surface area contributed by atoms with Gasteiger partial charge in [0.25, 0.3) is 0 Å². The molecule has 5 heteroatoms. The number of allylic oxidation sites excluding steroid dienone is 2. The van der Waals surface area contributed by atoms with Crippen LogP contribution in [0.15, 0.2) is 35.1 Å². The van der Waals surface area contributed by atoms with Gasteiger partial charge in [-0.15, -0.1) is 0 Å². The summed E-state index contributed by atoms with van der Waals surface area (Å²) in [5, 5.41) is 1.14. The molecule has 0 saturated heterocycles. The number of carbonyl (C=O) groups excluding carboxylic acids is 2. The molecule has 0 N–H and O–H groups in total. The summed E-state index contributed by atoms with van der Waals surface area (Å²) in [7, 11) is 0. The molecule has 3 atom stereocenters. The molecular formula is C21H21N3O2. The van der Waals surface area contributed by atoms with E-state index in [9.17, 15) is 9.59 Å². The number of fused-ring (bicyclic) bond motifs is 4. The van der Waals surface area contributed by atoms with Crippen molar-refractivity contribution in [3.8, 4) is 0 Å². The minimum atomic E-state index is -0.360. The third-order valence-corrected chi connectivity index (χ3v) is 6.00. The number of hydrogen-bond donors (Lipinski definition) is 0. The van der Waals surface area contributed by atoms with Gasteiger partial charge >= 0.3 is 0 Å². The van der Waals surface area contributed by atoms with Gasteiger partial charge in [-0.3, -0.25) is 14.6 Å². The number of aromatic nitrogens is 1. The Morgan fingerprint density at radius 2 is 2.00 bits per heavy atom. The van der Waals surface area contributed by atoms with E-state index in [0.717, 1.165) is 22.2 Å². The third kappa shape index (κ3) is 1.83. The van der Waals surface area contributed by atoms with Crippen molar-refractivity contribution < 1.29 is 9.59 Å². The third-order valence-electron chi connectivity index (χ3n) is 6.00. The Bertz CT molecular complexity index is 1040. The summed E-state index contributed by atoms with van der Waals surface area (Å²) in [4.78, 5) is 32.5. The molecule has 3 heterocycles. The van der Waals surface area contributed by atoms with E-state index in [4.69, 9.17) is 0 Å². The van der Waals surface area contributed by atoms with Gasteiger partial charge in [-0.1, -0.05) is 25.1 Å². The zero-order valence-electron chi connectivity index (χ0n) is 15.2. The predicted molar refractivity (Wildman–Crippen MR) is 101 cm³/mol. The average molecular weight is 347 g/mol. The van der Waals surface area contributed by atoms with Crippen LogP contribution in [-0.4, -0.2) is 39.8 Å². The standard InChI is InChI=1S/C21H21N3O2/c1-11-7-16-19(21(26)20(11)25)23-10-12(2)14-5-4-6-15(18(14)23)17-9-22-8-13(3)24(16)17/h4-6,8,10-11,13,17H,7,9H2,1-3H3. The van der Waals surface area contributed by atoms with Gasteiger partial charge in [0.05, 0.1) is 24.1 Å². The fourth-order valence-electron chi connectivity index (χ4n) is 4.79. The van der Waals surface area contributed by atoms with E-state index in [0.29, 0.717) is 18.7 Å². The highest BCUT2D eigenvalue weighted by Gasteiger charge is 2.43. The molecule has 3 aliphatic rings. The number of nitrogens with zero attached hydrogens (tertiary/aromatic N) is 3. The first-order valence-electron chi connectivity index (χ1n) is 9.20. The van der Waals surface area contributed by atoms with Crippen LogP contribution in [0.25, 0.3) is 16.6 Å². The number of rotatable bonds is 0. The van der Waals surface area contributed by atoms with Gasteiger partial charge in [-0.25, -0.2) is 0 Å². The number of hydrogen-bond acceptors (Lipinski definition) is 4. The first-order chi connectivity index (χ1) is 12.5. The van der Waals surface area contributed by atoms with Crippen LogP contribution >= 0.6 is 0 Å². The van der Waals surface area contributed by atoms with Crippen molar-refractivity contribution in [2.75, 3.05) is 6.54 Å². The molecule has 0 amide bonds. The van der Waals surface area contributed by atoms with Crippen LogP contribution in [-0.2, 0) is 9.59 Å². The first kappa shape index (κ1) is 15.6. The quantitative estimate of drug-likeness (QED) is 0.688. The van der Waals surface area contributed by atoms with Gasteiger partial charge in [0.15, 0.2) is 0 Å². The molecule has 5 rings (SSSR count). The van der Waals surface area contributed by atoms with Crippen molar-refractivity contribution in [2.24, 2.45) is 10.9 Å². The van der Waals surface area contributed by atoms with E-state index in [2.05, 4.69) is 41.9 Å². The van der Waals surface area contributed by atoms with Crippen LogP contribution < -0.4 is 0 Å². The lowest BCUT2D eigenvalue weighted by atomic mass is 9.87. The Labute approximate surface area is 152 Å². The van der Waals surface area contributed by atoms with Gasteiger partial charge in [0.1, 0.15) is 5.70 Å². The Morgan fingerprint density at radius 1 is 1.19 bits per heavy atom. The predicted octanol–water partition coefficient (Wildman–Crippen LogP) is 3.13. The molecule has 1 aliphatic carbocycles. The second-order valence-electron chi connectivity index (χ2n) is 7.70. The maximum atomic E-state index is 13.1. The van der Waals surface area contributed by atoms with Crippen LogP contribution in [0.2, 0.25) is 0 Å². The number of para-hydroxylation sites is 1. The summed E-state index contributed by atoms with van der Waals surface area (Å²) < 4.78 is 1.98. The van der Waals surface area contributed by atoms with Crippen LogP contribution in [0.5, 0.6) is 0 Å². The highest BCUT2D eigenvalue weighted by Crippen LogP contribution is 2.44. The maximum Gasteiger partial charge on any atom is 0.247 e. The lowest BCUT2D eigenvalue weighted by Gasteiger charge is -2.41. The largest absolute Gasteiger partial charge is 0.356 e. The van der Waals surface area contributed by atoms with E-state index >= 15 is 0 Å². The molecule has 5 nitrogen and oxygen atoms in total. The number of ketones is 2. The number of Topliss-reactive ketones (excluding diaryl/α,β-unsaturated/α-hetero) is 2. The van der Waals surface area contributed by atoms with Gasteiger partial charge in [0.2, 0.25) is 11.6 Å². The van der Waals surface area contributed by atoms with E-state index < -0.39 is 0 Å². The summed E-state index contributed by atoms with van der Waals surface area (Å²) in [5.74, 6) is -0.917. The van der Waals surface area contributed by atoms with Crippen molar-refractivity contribution in [3.63, 3.8) is 0 Å². The normalized spacial score (nSPS) is 27.7. The van der Waals surface area contributed by atoms with Gasteiger partial charge in [-0.05, 0) is 25.8 Å². The van der Waals surface area contributed by atoms with Gasteiger partial charge in [0, 0.05) is 35.0 Å². The van der Waals surface area contributed by atoms with Crippen LogP contribution in [0, 0.1) is 12.8 Å². The van der Waals surface area contributed by atoms with Crippen LogP contribution in [0.4, 0.5) is 0 Å². The van der Waals surface area contributed by atoms with Gasteiger partial charge in [-0.2, -0.15) is 0 Å². The topological polar surface area (TPSA) is 54.7 Å². The fourth-order valence-corrected chi connectivity index (χ4v) is 4.79. The van der Waals surface area contributed by atoms with E-state index in [1.807, 2.05) is 23.9 Å². The summed E-state index contributed by atoms with van der Waals surface area (Å²) in [6, 6.07) is 6.49. The zero-order valence-corrected chi connectivity index (χ0v) is 15.2. The summed E-state index contributed by atoms with van der Waals surface area (Å²) >= 11 is 0. The Kier molecular flexibility index (Phi) is 3.09. The highest BCUT2D eigenvalue weighted by atomic mass is 16.2. The molecule has 2 aliphatic heterocycles. The molecular weight excluding hydrogens is 326 g/mol. The van der Waals surface area contributed by atoms with Crippen molar-refractivity contribution in [1.29, 1.82) is 0 Å². The molecule has 1 aromatic heterocycles. The summed E-state index contributed by atoms with van der Waals surface area (Å²) in [5.41, 5.74) is 4.88. The maximum absolute atomic E-state index is 13.1. The van der Waals surface area contributed by atoms with Gasteiger partial charge < -0.3 is 9.47 Å². The second-order valence-corrected chi connectivity index (χ2v) is 7.70. The molecule has 0 fully saturated rings. The van der Waals surface area contributed by atoms with Crippen molar-refractivity contribution in [1.82, 2.24) is 9.47 Å². The molecule has 132 valence electrons. The fraction of sp³-hybridized carbons (Fsp3) is 0.381. The molecule has 0 bridgehead atoms.